The highest BCUT2D eigenvalue weighted by Gasteiger charge is 2.43. The minimum Gasteiger partial charge on any atom is -0.310 e. The molecule has 0 spiro atoms. The van der Waals surface area contributed by atoms with Crippen molar-refractivity contribution in [3.63, 3.8) is 0 Å². The van der Waals surface area contributed by atoms with E-state index in [4.69, 9.17) is 0 Å². The highest BCUT2D eigenvalue weighted by molar-refractivity contribution is 6.13. The lowest BCUT2D eigenvalue weighted by atomic mass is 9.82. The Hall–Kier alpha value is -7.81. The Bertz CT molecular complexity index is 3290. The number of benzene rings is 9. The summed E-state index contributed by atoms with van der Waals surface area (Å²) in [4.78, 5) is 2.45. The lowest BCUT2D eigenvalue weighted by molar-refractivity contribution is 0.660. The predicted molar refractivity (Wildman–Crippen MR) is 278 cm³/mol. The van der Waals surface area contributed by atoms with E-state index >= 15 is 0 Å². The zero-order chi connectivity index (χ0) is 44.6. The molecule has 0 aromatic heterocycles. The number of nitrogens with zero attached hydrogens (tertiary/aromatic N) is 2. The third-order valence-electron chi connectivity index (χ3n) is 14.6. The van der Waals surface area contributed by atoms with Crippen LogP contribution in [-0.4, -0.2) is 5.71 Å². The van der Waals surface area contributed by atoms with Crippen LogP contribution in [-0.2, 0) is 10.8 Å². The molecule has 0 radical (unpaired) electrons. The van der Waals surface area contributed by atoms with Gasteiger partial charge in [0, 0.05) is 57.2 Å². The average molecular weight is 848 g/mol. The predicted octanol–water partition coefficient (Wildman–Crippen LogP) is 16.4. The van der Waals surface area contributed by atoms with Gasteiger partial charge in [-0.1, -0.05) is 192 Å². The third kappa shape index (κ3) is 6.35. The highest BCUT2D eigenvalue weighted by Crippen LogP contribution is 2.53. The van der Waals surface area contributed by atoms with Crippen LogP contribution in [0, 0.1) is 0 Å². The van der Waals surface area contributed by atoms with Crippen molar-refractivity contribution < 1.29 is 0 Å². The first-order valence-electron chi connectivity index (χ1n) is 23.3. The van der Waals surface area contributed by atoms with Crippen LogP contribution in [0.25, 0.3) is 34.4 Å². The van der Waals surface area contributed by atoms with Crippen molar-refractivity contribution in [3.8, 4) is 22.3 Å². The average Bonchev–Trinajstić information content (AvgIpc) is 3.91. The van der Waals surface area contributed by atoms with E-state index in [1.54, 1.807) is 0 Å². The van der Waals surface area contributed by atoms with E-state index in [-0.39, 0.29) is 16.7 Å². The molecule has 1 atom stereocenters. The highest BCUT2D eigenvalue weighted by atomic mass is 15.1. The molecule has 9 aromatic carbocycles. The van der Waals surface area contributed by atoms with Gasteiger partial charge in [0.15, 0.2) is 0 Å². The Kier molecular flexibility index (Phi) is 9.29. The van der Waals surface area contributed by atoms with E-state index in [0.29, 0.717) is 0 Å². The molecule has 1 unspecified atom stereocenters. The van der Waals surface area contributed by atoms with Crippen LogP contribution in [0.1, 0.15) is 83.7 Å². The molecule has 316 valence electrons. The van der Waals surface area contributed by atoms with Gasteiger partial charge in [-0.15, -0.1) is 0 Å². The van der Waals surface area contributed by atoms with Gasteiger partial charge in [-0.25, -0.2) is 0 Å². The molecule has 0 fully saturated rings. The second-order valence-electron chi connectivity index (χ2n) is 19.1. The van der Waals surface area contributed by atoms with Crippen molar-refractivity contribution in [2.45, 2.75) is 44.4 Å². The topological polar surface area (TPSA) is 6.25 Å². The van der Waals surface area contributed by atoms with Crippen LogP contribution in [0.3, 0.4) is 0 Å². The summed E-state index contributed by atoms with van der Waals surface area (Å²) in [7, 11) is 0. The second kappa shape index (κ2) is 15.4. The zero-order valence-electron chi connectivity index (χ0n) is 37.9. The molecule has 9 aromatic rings. The van der Waals surface area contributed by atoms with Crippen molar-refractivity contribution in [1.82, 2.24) is 4.58 Å². The maximum atomic E-state index is 2.47. The Balaban J connectivity index is 0.930. The molecule has 12 rings (SSSR count). The molecule has 0 saturated carbocycles. The van der Waals surface area contributed by atoms with Crippen LogP contribution in [0.2, 0.25) is 0 Å². The summed E-state index contributed by atoms with van der Waals surface area (Å²) in [5, 5.41) is 0. The standard InChI is InChI=1S/C64H51N2/c1-63(2)56-26-16-14-24-51(56)53-38-35-49(41-58(53)63)65(50-36-39-54-52-25-15-17-27-57(52)64(3,4)59(54)42-50)48-33-30-43(31-34-48)28-29-44-32-37-55-60(40-44)66(47-22-12-7-13-23-47)62(46-20-10-6-11-21-46)61(55)45-18-8-5-9-19-45/h5-42,61H,1-4H3/q+1/b29-28+. The first-order valence-corrected chi connectivity index (χ1v) is 23.3. The Morgan fingerprint density at radius 2 is 0.879 bits per heavy atom. The van der Waals surface area contributed by atoms with Gasteiger partial charge in [0.2, 0.25) is 17.1 Å². The molecule has 2 aliphatic carbocycles. The SMILES string of the molecule is CC1(C)c2ccccc2-c2ccc(N(c3ccc(/C=C/c4ccc5c(c4)[N+](c4ccccc4)=C(c4ccccc4)C5c4ccccc4)cc3)c3ccc4c(c3)C(C)(C)c3ccccc3-4)cc21. The van der Waals surface area contributed by atoms with Gasteiger partial charge in [-0.2, -0.15) is 4.58 Å². The number of para-hydroxylation sites is 1. The third-order valence-corrected chi connectivity index (χ3v) is 14.6. The first-order chi connectivity index (χ1) is 32.3. The molecule has 1 aliphatic heterocycles. The molecular weight excluding hydrogens is 797 g/mol. The molecular formula is C64H51N2+. The number of rotatable bonds is 8. The summed E-state index contributed by atoms with van der Waals surface area (Å²) in [6.07, 6.45) is 4.51. The first kappa shape index (κ1) is 39.8. The summed E-state index contributed by atoms with van der Waals surface area (Å²) in [6, 6.07) is 80.7. The number of hydrogen-bond acceptors (Lipinski definition) is 1. The van der Waals surface area contributed by atoms with Crippen molar-refractivity contribution in [2.75, 3.05) is 4.90 Å². The van der Waals surface area contributed by atoms with Gasteiger partial charge < -0.3 is 4.90 Å². The largest absolute Gasteiger partial charge is 0.310 e. The van der Waals surface area contributed by atoms with Crippen LogP contribution >= 0.6 is 0 Å². The summed E-state index contributed by atoms with van der Waals surface area (Å²) < 4.78 is 2.47. The van der Waals surface area contributed by atoms with Gasteiger partial charge in [-0.3, -0.25) is 0 Å². The second-order valence-corrected chi connectivity index (χ2v) is 19.1. The van der Waals surface area contributed by atoms with Crippen molar-refractivity contribution in [3.05, 3.63) is 268 Å². The van der Waals surface area contributed by atoms with E-state index in [0.717, 1.165) is 33.9 Å². The van der Waals surface area contributed by atoms with E-state index < -0.39 is 0 Å². The normalized spacial score (nSPS) is 15.8. The van der Waals surface area contributed by atoms with Crippen LogP contribution in [0.15, 0.2) is 218 Å². The molecule has 0 saturated heterocycles. The fourth-order valence-corrected chi connectivity index (χ4v) is 11.3. The summed E-state index contributed by atoms with van der Waals surface area (Å²) >= 11 is 0. The molecule has 0 amide bonds. The number of anilines is 3. The fraction of sp³-hybridized carbons (Fsp3) is 0.109. The molecule has 3 aliphatic rings. The smallest absolute Gasteiger partial charge is 0.216 e. The van der Waals surface area contributed by atoms with E-state index in [1.165, 1.54) is 72.6 Å². The maximum Gasteiger partial charge on any atom is 0.216 e. The molecule has 2 heteroatoms. The molecule has 1 heterocycles. The van der Waals surface area contributed by atoms with Crippen LogP contribution < -0.4 is 9.48 Å². The van der Waals surface area contributed by atoms with Crippen molar-refractivity contribution >= 4 is 46.3 Å². The summed E-state index contributed by atoms with van der Waals surface area (Å²) in [6.45, 7) is 9.46. The van der Waals surface area contributed by atoms with E-state index in [9.17, 15) is 0 Å². The molecule has 0 N–H and O–H groups in total. The Morgan fingerprint density at radius 1 is 0.409 bits per heavy atom. The number of fused-ring (bicyclic) bond motifs is 7. The minimum atomic E-state index is -0.108. The van der Waals surface area contributed by atoms with Gasteiger partial charge in [-0.05, 0) is 110 Å². The molecule has 66 heavy (non-hydrogen) atoms. The number of hydrogen-bond donors (Lipinski definition) is 0. The Labute approximate surface area is 389 Å². The van der Waals surface area contributed by atoms with Crippen LogP contribution in [0.5, 0.6) is 0 Å². The van der Waals surface area contributed by atoms with Gasteiger partial charge >= 0.3 is 0 Å². The zero-order valence-corrected chi connectivity index (χ0v) is 37.9. The monoisotopic (exact) mass is 847 g/mol. The van der Waals surface area contributed by atoms with Gasteiger partial charge in [0.1, 0.15) is 5.92 Å². The van der Waals surface area contributed by atoms with Crippen molar-refractivity contribution in [1.29, 1.82) is 0 Å². The Morgan fingerprint density at radius 3 is 1.47 bits per heavy atom. The maximum absolute atomic E-state index is 2.47. The quantitative estimate of drug-likeness (QED) is 0.109. The molecule has 2 nitrogen and oxygen atoms in total. The summed E-state index contributed by atoms with van der Waals surface area (Å²) in [5.41, 5.74) is 23.8. The lowest BCUT2D eigenvalue weighted by Gasteiger charge is -2.29. The van der Waals surface area contributed by atoms with Gasteiger partial charge in [0.25, 0.3) is 0 Å². The van der Waals surface area contributed by atoms with Gasteiger partial charge in [0.05, 0.1) is 0 Å². The van der Waals surface area contributed by atoms with E-state index in [1.807, 2.05) is 0 Å². The molecule has 0 bridgehead atoms. The summed E-state index contributed by atoms with van der Waals surface area (Å²) in [5.74, 6) is 0.0939. The fourth-order valence-electron chi connectivity index (χ4n) is 11.3. The lowest BCUT2D eigenvalue weighted by Crippen LogP contribution is -2.19. The van der Waals surface area contributed by atoms with Crippen molar-refractivity contribution in [2.24, 2.45) is 0 Å². The van der Waals surface area contributed by atoms with Crippen LogP contribution in [0.4, 0.5) is 28.4 Å². The van der Waals surface area contributed by atoms with E-state index in [2.05, 4.69) is 268 Å². The minimum absolute atomic E-state index is 0.0939.